The Morgan fingerprint density at radius 3 is 2.34 bits per heavy atom. The molecule has 6 nitrogen and oxygen atoms in total. The van der Waals surface area contributed by atoms with Gasteiger partial charge in [-0.25, -0.2) is 4.98 Å². The van der Waals surface area contributed by atoms with E-state index in [-0.39, 0.29) is 12.1 Å². The smallest absolute Gasteiger partial charge is 0.174 e. The Hall–Kier alpha value is -3.71. The largest absolute Gasteiger partial charge is 0.378 e. The fraction of sp³-hybridized carbons (Fsp3) is 0.250. The van der Waals surface area contributed by atoms with Gasteiger partial charge in [0.05, 0.1) is 17.8 Å². The predicted octanol–water partition coefficient (Wildman–Crippen LogP) is 5.44. The van der Waals surface area contributed by atoms with Gasteiger partial charge in [-0.3, -0.25) is 4.98 Å². The molecule has 0 bridgehead atoms. The van der Waals surface area contributed by atoms with Gasteiger partial charge in [0.25, 0.3) is 0 Å². The van der Waals surface area contributed by atoms with E-state index in [0.717, 1.165) is 34.3 Å². The molecule has 1 aromatic carbocycles. The summed E-state index contributed by atoms with van der Waals surface area (Å²) in [6, 6.07) is 20.8. The Bertz CT molecular complexity index is 1360. The zero-order chi connectivity index (χ0) is 24.7. The van der Waals surface area contributed by atoms with E-state index in [4.69, 9.17) is 17.2 Å². The summed E-state index contributed by atoms with van der Waals surface area (Å²) in [4.78, 5) is 13.7. The highest BCUT2D eigenvalue weighted by molar-refractivity contribution is 7.80. The molecular weight excluding hydrogens is 452 g/mol. The van der Waals surface area contributed by atoms with Crippen molar-refractivity contribution in [3.63, 3.8) is 0 Å². The quantitative estimate of drug-likeness (QED) is 0.383. The van der Waals surface area contributed by atoms with Crippen molar-refractivity contribution in [2.75, 3.05) is 23.9 Å². The maximum atomic E-state index is 5.91. The summed E-state index contributed by atoms with van der Waals surface area (Å²) in [6.07, 6.45) is 3.70. The zero-order valence-electron chi connectivity index (χ0n) is 20.7. The van der Waals surface area contributed by atoms with Gasteiger partial charge in [-0.2, -0.15) is 0 Å². The number of hydrogen-bond acceptors (Lipinski definition) is 4. The van der Waals surface area contributed by atoms with Gasteiger partial charge in [0, 0.05) is 49.3 Å². The van der Waals surface area contributed by atoms with Gasteiger partial charge >= 0.3 is 0 Å². The Morgan fingerprint density at radius 1 is 0.914 bits per heavy atom. The normalized spacial score (nSPS) is 17.5. The lowest BCUT2D eigenvalue weighted by Gasteiger charge is -2.28. The van der Waals surface area contributed by atoms with Gasteiger partial charge in [-0.05, 0) is 98.7 Å². The summed E-state index contributed by atoms with van der Waals surface area (Å²) in [5, 5.41) is 4.27. The topological polar surface area (TPSA) is 49.2 Å². The Kier molecular flexibility index (Phi) is 6.03. The van der Waals surface area contributed by atoms with Crippen LogP contribution in [0.2, 0.25) is 0 Å². The number of nitrogens with zero attached hydrogens (tertiary/aromatic N) is 5. The lowest BCUT2D eigenvalue weighted by atomic mass is 9.96. The van der Waals surface area contributed by atoms with Crippen LogP contribution < -0.4 is 15.1 Å². The first-order valence-electron chi connectivity index (χ1n) is 11.7. The van der Waals surface area contributed by atoms with Crippen LogP contribution in [-0.4, -0.2) is 33.7 Å². The van der Waals surface area contributed by atoms with Crippen LogP contribution in [0, 0.1) is 20.8 Å². The number of benzene rings is 1. The molecule has 0 aliphatic carbocycles. The van der Waals surface area contributed by atoms with E-state index in [9.17, 15) is 0 Å². The van der Waals surface area contributed by atoms with Crippen molar-refractivity contribution in [2.45, 2.75) is 32.9 Å². The second-order valence-corrected chi connectivity index (χ2v) is 9.65. The van der Waals surface area contributed by atoms with Crippen molar-refractivity contribution >= 4 is 28.7 Å². The van der Waals surface area contributed by atoms with Crippen molar-refractivity contribution in [3.05, 3.63) is 101 Å². The van der Waals surface area contributed by atoms with Crippen LogP contribution >= 0.6 is 12.2 Å². The molecule has 2 atom stereocenters. The molecule has 0 saturated carbocycles. The minimum atomic E-state index is -0.0864. The van der Waals surface area contributed by atoms with Crippen LogP contribution in [-0.2, 0) is 0 Å². The average molecular weight is 483 g/mol. The lowest BCUT2D eigenvalue weighted by molar-refractivity contribution is 0.565. The molecule has 0 radical (unpaired) electrons. The summed E-state index contributed by atoms with van der Waals surface area (Å²) < 4.78 is 2.23. The minimum Gasteiger partial charge on any atom is -0.378 e. The van der Waals surface area contributed by atoms with Gasteiger partial charge in [0.1, 0.15) is 5.82 Å². The van der Waals surface area contributed by atoms with Crippen molar-refractivity contribution in [3.8, 4) is 5.82 Å². The van der Waals surface area contributed by atoms with E-state index < -0.39 is 0 Å². The van der Waals surface area contributed by atoms with Crippen LogP contribution in [0.3, 0.4) is 0 Å². The third-order valence-corrected chi connectivity index (χ3v) is 6.98. The molecule has 1 fully saturated rings. The van der Waals surface area contributed by atoms with Crippen molar-refractivity contribution in [2.24, 2.45) is 0 Å². The van der Waals surface area contributed by atoms with Crippen LogP contribution in [0.4, 0.5) is 11.4 Å². The first kappa shape index (κ1) is 23.1. The molecule has 4 aromatic rings. The number of pyridine rings is 2. The van der Waals surface area contributed by atoms with Crippen LogP contribution in [0.5, 0.6) is 0 Å². The first-order valence-corrected chi connectivity index (χ1v) is 12.2. The van der Waals surface area contributed by atoms with E-state index in [1.807, 2.05) is 44.7 Å². The maximum absolute atomic E-state index is 5.91. The number of anilines is 2. The molecule has 1 saturated heterocycles. The summed E-state index contributed by atoms with van der Waals surface area (Å²) in [6.45, 7) is 6.39. The second-order valence-electron chi connectivity index (χ2n) is 9.26. The van der Waals surface area contributed by atoms with E-state index in [2.05, 4.69) is 87.9 Å². The predicted molar refractivity (Wildman–Crippen MR) is 146 cm³/mol. The highest BCUT2D eigenvalue weighted by Crippen LogP contribution is 2.43. The van der Waals surface area contributed by atoms with Gasteiger partial charge in [-0.1, -0.05) is 6.07 Å². The van der Waals surface area contributed by atoms with Crippen LogP contribution in [0.1, 0.15) is 40.3 Å². The number of hydrogen-bond donors (Lipinski definition) is 1. The maximum Gasteiger partial charge on any atom is 0.174 e. The molecule has 1 aliphatic heterocycles. The highest BCUT2D eigenvalue weighted by Gasteiger charge is 2.42. The number of aryl methyl sites for hydroxylation is 2. The van der Waals surface area contributed by atoms with E-state index in [0.29, 0.717) is 5.11 Å². The minimum absolute atomic E-state index is 0.0626. The number of rotatable bonds is 5. The molecular formula is C28H30N6S. The monoisotopic (exact) mass is 482 g/mol. The molecule has 1 N–H and O–H groups in total. The molecule has 0 amide bonds. The van der Waals surface area contributed by atoms with Crippen molar-refractivity contribution in [1.29, 1.82) is 0 Å². The van der Waals surface area contributed by atoms with Gasteiger partial charge < -0.3 is 19.7 Å². The standard InChI is InChI=1S/C28H30N6S/c1-18-13-15-30-25(16-18)33-19(2)17-23(20(33)3)27-26(24-8-6-7-14-29-24)31-28(35)34(27)22-11-9-21(10-12-22)32(4)5/h6-17,26-27H,1-5H3,(H,31,35)/t26-,27-/m1/s1. The van der Waals surface area contributed by atoms with Gasteiger partial charge in [-0.15, -0.1) is 0 Å². The summed E-state index contributed by atoms with van der Waals surface area (Å²) >= 11 is 5.91. The number of aromatic nitrogens is 3. The molecule has 178 valence electrons. The first-order chi connectivity index (χ1) is 16.8. The third-order valence-electron chi connectivity index (χ3n) is 6.66. The zero-order valence-corrected chi connectivity index (χ0v) is 21.5. The van der Waals surface area contributed by atoms with E-state index in [1.54, 1.807) is 0 Å². The van der Waals surface area contributed by atoms with Crippen LogP contribution in [0.15, 0.2) is 73.1 Å². The SMILES string of the molecule is Cc1ccnc(-n2c(C)cc([C@@H]3[C@@H](c4ccccn4)NC(=S)N3c3ccc(N(C)C)cc3)c2C)c1. The molecule has 3 aromatic heterocycles. The molecule has 1 aliphatic rings. The fourth-order valence-corrected chi connectivity index (χ4v) is 5.29. The van der Waals surface area contributed by atoms with Gasteiger partial charge in [0.15, 0.2) is 5.11 Å². The lowest BCUT2D eigenvalue weighted by Crippen LogP contribution is -2.29. The Labute approximate surface area is 212 Å². The van der Waals surface area contributed by atoms with E-state index in [1.165, 1.54) is 11.1 Å². The van der Waals surface area contributed by atoms with Crippen molar-refractivity contribution < 1.29 is 0 Å². The fourth-order valence-electron chi connectivity index (χ4n) is 4.94. The molecule has 35 heavy (non-hydrogen) atoms. The van der Waals surface area contributed by atoms with Crippen molar-refractivity contribution in [1.82, 2.24) is 19.9 Å². The molecule has 0 spiro atoms. The third kappa shape index (κ3) is 4.17. The second kappa shape index (κ2) is 9.15. The Morgan fingerprint density at radius 2 is 1.69 bits per heavy atom. The number of nitrogens with one attached hydrogen (secondary N) is 1. The molecule has 4 heterocycles. The summed E-state index contributed by atoms with van der Waals surface area (Å²) in [5.41, 5.74) is 7.82. The molecule has 5 rings (SSSR count). The molecule has 0 unspecified atom stereocenters. The number of thiocarbonyl (C=S) groups is 1. The summed E-state index contributed by atoms with van der Waals surface area (Å²) in [7, 11) is 4.09. The Balaban J connectivity index is 1.66. The van der Waals surface area contributed by atoms with Gasteiger partial charge in [0.2, 0.25) is 0 Å². The van der Waals surface area contributed by atoms with Crippen LogP contribution in [0.25, 0.3) is 5.82 Å². The average Bonchev–Trinajstić information content (AvgIpc) is 3.34. The summed E-state index contributed by atoms with van der Waals surface area (Å²) in [5.74, 6) is 0.927. The van der Waals surface area contributed by atoms with E-state index >= 15 is 0 Å². The molecule has 7 heteroatoms. The highest BCUT2D eigenvalue weighted by atomic mass is 32.1.